The highest BCUT2D eigenvalue weighted by Crippen LogP contribution is 2.35. The van der Waals surface area contributed by atoms with Crippen molar-refractivity contribution in [2.75, 3.05) is 0 Å². The fourth-order valence-electron chi connectivity index (χ4n) is 4.80. The lowest BCUT2D eigenvalue weighted by atomic mass is 10.0. The maximum atomic E-state index is 15.3. The molecule has 0 N–H and O–H groups in total. The Labute approximate surface area is 243 Å². The lowest BCUT2D eigenvalue weighted by Gasteiger charge is -2.12. The van der Waals surface area contributed by atoms with Crippen molar-refractivity contribution >= 4 is 22.9 Å². The van der Waals surface area contributed by atoms with Crippen LogP contribution in [0.15, 0.2) is 102 Å². The quantitative estimate of drug-likeness (QED) is 0.149. The van der Waals surface area contributed by atoms with Crippen LogP contribution in [-0.4, -0.2) is 24.9 Å². The summed E-state index contributed by atoms with van der Waals surface area (Å²) in [6.45, 7) is 1.66. The van der Waals surface area contributed by atoms with Gasteiger partial charge in [0.25, 0.3) is 5.56 Å². The van der Waals surface area contributed by atoms with E-state index >= 15 is 4.39 Å². The van der Waals surface area contributed by atoms with Gasteiger partial charge in [0.15, 0.2) is 23.1 Å². The zero-order valence-electron chi connectivity index (χ0n) is 22.1. The Morgan fingerprint density at radius 1 is 0.929 bits per heavy atom. The highest BCUT2D eigenvalue weighted by Gasteiger charge is 2.19. The summed E-state index contributed by atoms with van der Waals surface area (Å²) in [6.07, 6.45) is 6.21. The van der Waals surface area contributed by atoms with Crippen LogP contribution in [0.5, 0.6) is 11.5 Å². The molecular formula is C32H21ClF2N4O3. The van der Waals surface area contributed by atoms with Crippen molar-refractivity contribution in [2.24, 2.45) is 0 Å². The number of hydrogen-bond acceptors (Lipinski definition) is 5. The van der Waals surface area contributed by atoms with Gasteiger partial charge in [0, 0.05) is 42.3 Å². The van der Waals surface area contributed by atoms with E-state index in [2.05, 4.69) is 10.1 Å². The van der Waals surface area contributed by atoms with Gasteiger partial charge >= 0.3 is 0 Å². The summed E-state index contributed by atoms with van der Waals surface area (Å²) in [4.78, 5) is 30.5. The van der Waals surface area contributed by atoms with E-state index in [4.69, 9.17) is 16.3 Å². The number of carbonyl (C=O) groups is 1. The smallest absolute Gasteiger partial charge is 0.266 e. The Bertz CT molecular complexity index is 2040. The van der Waals surface area contributed by atoms with Crippen molar-refractivity contribution in [3.8, 4) is 28.3 Å². The normalized spacial score (nSPS) is 11.1. The van der Waals surface area contributed by atoms with E-state index in [-0.39, 0.29) is 17.7 Å². The van der Waals surface area contributed by atoms with Crippen molar-refractivity contribution in [3.63, 3.8) is 0 Å². The first-order valence-corrected chi connectivity index (χ1v) is 13.2. The van der Waals surface area contributed by atoms with Crippen LogP contribution in [0.2, 0.25) is 5.15 Å². The van der Waals surface area contributed by atoms with Crippen molar-refractivity contribution in [3.05, 3.63) is 141 Å². The van der Waals surface area contributed by atoms with Crippen LogP contribution in [0.25, 0.3) is 22.3 Å². The van der Waals surface area contributed by atoms with E-state index in [1.807, 2.05) is 6.07 Å². The minimum atomic E-state index is -0.677. The molecule has 0 aliphatic carbocycles. The molecule has 10 heteroatoms. The lowest BCUT2D eigenvalue weighted by Crippen LogP contribution is -2.27. The summed E-state index contributed by atoms with van der Waals surface area (Å²) in [6, 6.07) is 18.2. The standard InChI is InChI=1S/C32H21ClF2N4O3/c1-19-10-14-38(23-5-3-22(34)4-6-23)32(41)30(19)26(40)17-20-2-7-27(25(35)16-20)42-28-9-13-37-39-15-11-24(31(28)39)21-8-12-36-29(33)18-21/h2-16,18H,17H2,1H3. The Morgan fingerprint density at radius 2 is 1.74 bits per heavy atom. The third-order valence-electron chi connectivity index (χ3n) is 6.82. The molecule has 4 aromatic heterocycles. The number of halogens is 3. The Balaban J connectivity index is 1.27. The molecule has 6 aromatic rings. The molecule has 4 heterocycles. The number of rotatable bonds is 7. The van der Waals surface area contributed by atoms with Crippen molar-refractivity contribution in [2.45, 2.75) is 13.3 Å². The minimum absolute atomic E-state index is 0.0151. The first kappa shape index (κ1) is 27.0. The van der Waals surface area contributed by atoms with Crippen LogP contribution in [0.4, 0.5) is 8.78 Å². The van der Waals surface area contributed by atoms with Gasteiger partial charge in [-0.25, -0.2) is 18.3 Å². The number of ketones is 1. The number of aryl methyl sites for hydroxylation is 1. The van der Waals surface area contributed by atoms with E-state index in [0.717, 1.165) is 11.1 Å². The molecule has 42 heavy (non-hydrogen) atoms. The molecule has 0 unspecified atom stereocenters. The van der Waals surface area contributed by atoms with Gasteiger partial charge in [-0.3, -0.25) is 14.2 Å². The summed E-state index contributed by atoms with van der Waals surface area (Å²) in [5, 5.41) is 4.63. The third kappa shape index (κ3) is 5.17. The number of fused-ring (bicyclic) bond motifs is 1. The van der Waals surface area contributed by atoms with Gasteiger partial charge in [-0.1, -0.05) is 17.7 Å². The fourth-order valence-corrected chi connectivity index (χ4v) is 4.97. The number of benzene rings is 2. The molecule has 2 aromatic carbocycles. The molecule has 208 valence electrons. The zero-order valence-corrected chi connectivity index (χ0v) is 22.8. The number of hydrogen-bond donors (Lipinski definition) is 0. The van der Waals surface area contributed by atoms with Crippen LogP contribution in [-0.2, 0) is 6.42 Å². The number of Topliss-reactive ketones (excluding diaryl/α,β-unsaturated/α-hetero) is 1. The van der Waals surface area contributed by atoms with Gasteiger partial charge in [-0.2, -0.15) is 5.10 Å². The molecule has 0 saturated heterocycles. The van der Waals surface area contributed by atoms with Crippen LogP contribution >= 0.6 is 11.6 Å². The molecule has 7 nitrogen and oxygen atoms in total. The Kier molecular flexibility index (Phi) is 7.10. The summed E-state index contributed by atoms with van der Waals surface area (Å²) < 4.78 is 37.5. The Morgan fingerprint density at radius 3 is 2.50 bits per heavy atom. The topological polar surface area (TPSA) is 78.5 Å². The number of ether oxygens (including phenoxy) is 1. The van der Waals surface area contributed by atoms with E-state index in [1.165, 1.54) is 53.4 Å². The molecule has 0 saturated carbocycles. The lowest BCUT2D eigenvalue weighted by molar-refractivity contribution is 0.0990. The minimum Gasteiger partial charge on any atom is -0.452 e. The zero-order chi connectivity index (χ0) is 29.4. The first-order valence-electron chi connectivity index (χ1n) is 12.8. The second kappa shape index (κ2) is 11.0. The summed E-state index contributed by atoms with van der Waals surface area (Å²) in [5.74, 6) is -1.27. The summed E-state index contributed by atoms with van der Waals surface area (Å²) in [7, 11) is 0. The SMILES string of the molecule is Cc1ccn(-c2ccc(F)cc2)c(=O)c1C(=O)Cc1ccc(Oc2ccnn3ccc(-c4ccnc(Cl)c4)c23)c(F)c1. The highest BCUT2D eigenvalue weighted by molar-refractivity contribution is 6.29. The average molecular weight is 583 g/mol. The van der Waals surface area contributed by atoms with E-state index in [9.17, 15) is 14.0 Å². The van der Waals surface area contributed by atoms with Crippen LogP contribution in [0, 0.1) is 18.6 Å². The molecule has 6 rings (SSSR count). The second-order valence-electron chi connectivity index (χ2n) is 9.58. The van der Waals surface area contributed by atoms with Crippen molar-refractivity contribution < 1.29 is 18.3 Å². The molecule has 0 fully saturated rings. The maximum Gasteiger partial charge on any atom is 0.266 e. The average Bonchev–Trinajstić information content (AvgIpc) is 3.41. The van der Waals surface area contributed by atoms with Crippen molar-refractivity contribution in [1.82, 2.24) is 19.2 Å². The maximum absolute atomic E-state index is 15.3. The van der Waals surface area contributed by atoms with Gasteiger partial charge in [-0.05, 0) is 84.3 Å². The van der Waals surface area contributed by atoms with E-state index < -0.39 is 23.0 Å². The first-order chi connectivity index (χ1) is 20.3. The summed E-state index contributed by atoms with van der Waals surface area (Å²) >= 11 is 6.08. The van der Waals surface area contributed by atoms with Gasteiger partial charge in [-0.15, -0.1) is 0 Å². The predicted octanol–water partition coefficient (Wildman–Crippen LogP) is 7.00. The fraction of sp³-hybridized carbons (Fsp3) is 0.0625. The largest absolute Gasteiger partial charge is 0.452 e. The highest BCUT2D eigenvalue weighted by atomic mass is 35.5. The number of pyridine rings is 2. The molecule has 0 atom stereocenters. The number of carbonyl (C=O) groups excluding carboxylic acids is 1. The monoisotopic (exact) mass is 582 g/mol. The number of aromatic nitrogens is 4. The Hall–Kier alpha value is -5.15. The third-order valence-corrected chi connectivity index (χ3v) is 7.03. The molecule has 0 aliphatic heterocycles. The predicted molar refractivity (Wildman–Crippen MR) is 155 cm³/mol. The molecule has 0 radical (unpaired) electrons. The second-order valence-corrected chi connectivity index (χ2v) is 9.96. The van der Waals surface area contributed by atoms with Crippen LogP contribution in [0.1, 0.15) is 21.5 Å². The molecule has 0 aliphatic rings. The number of nitrogens with zero attached hydrogens (tertiary/aromatic N) is 4. The van der Waals surface area contributed by atoms with E-state index in [1.54, 1.807) is 54.2 Å². The molecule has 0 spiro atoms. The molecule has 0 amide bonds. The molecule has 0 bridgehead atoms. The van der Waals surface area contributed by atoms with Crippen molar-refractivity contribution in [1.29, 1.82) is 0 Å². The van der Waals surface area contributed by atoms with Gasteiger partial charge in [0.1, 0.15) is 16.5 Å². The van der Waals surface area contributed by atoms with Crippen LogP contribution in [0.3, 0.4) is 0 Å². The summed E-state index contributed by atoms with van der Waals surface area (Å²) in [5.41, 5.74) is 2.90. The van der Waals surface area contributed by atoms with E-state index in [0.29, 0.717) is 33.2 Å². The molecular weight excluding hydrogens is 562 g/mol. The van der Waals surface area contributed by atoms with Gasteiger partial charge in [0.2, 0.25) is 0 Å². The van der Waals surface area contributed by atoms with Crippen LogP contribution < -0.4 is 10.3 Å². The van der Waals surface area contributed by atoms with Gasteiger partial charge < -0.3 is 4.74 Å². The van der Waals surface area contributed by atoms with Gasteiger partial charge in [0.05, 0.1) is 11.8 Å².